The van der Waals surface area contributed by atoms with Crippen LogP contribution in [-0.4, -0.2) is 16.9 Å². The van der Waals surface area contributed by atoms with E-state index < -0.39 is 0 Å². The van der Waals surface area contributed by atoms with Crippen molar-refractivity contribution in [1.82, 2.24) is 4.98 Å². The second kappa shape index (κ2) is 5.58. The van der Waals surface area contributed by atoms with E-state index in [2.05, 4.69) is 10.3 Å². The summed E-state index contributed by atoms with van der Waals surface area (Å²) in [5.41, 5.74) is 6.47. The van der Waals surface area contributed by atoms with Crippen LogP contribution >= 0.6 is 35.1 Å². The monoisotopic (exact) mass is 277 g/mol. The molecule has 0 spiro atoms. The summed E-state index contributed by atoms with van der Waals surface area (Å²) < 4.78 is 1.13. The molecule has 0 aliphatic carbocycles. The number of nitrogens with one attached hydrogen (secondary N) is 1. The van der Waals surface area contributed by atoms with Crippen molar-refractivity contribution in [2.45, 2.75) is 19.4 Å². The fraction of sp³-hybridized carbons (Fsp3) is 0.333. The average Bonchev–Trinajstić information content (AvgIpc) is 2.60. The number of amides is 1. The highest BCUT2D eigenvalue weighted by Gasteiger charge is 2.09. The van der Waals surface area contributed by atoms with E-state index in [-0.39, 0.29) is 24.4 Å². The first-order valence-electron chi connectivity index (χ1n) is 4.54. The van der Waals surface area contributed by atoms with Crippen molar-refractivity contribution >= 4 is 55.6 Å². The Hall–Kier alpha value is -0.690. The maximum atomic E-state index is 11.4. The van der Waals surface area contributed by atoms with Gasteiger partial charge >= 0.3 is 0 Å². The Morgan fingerprint density at radius 2 is 2.44 bits per heavy atom. The Morgan fingerprint density at radius 3 is 3.06 bits per heavy atom. The van der Waals surface area contributed by atoms with Crippen LogP contribution in [0.3, 0.4) is 0 Å². The van der Waals surface area contributed by atoms with Gasteiger partial charge in [-0.05, 0) is 18.4 Å². The SMILES string of the molecule is CC(N)CC(=O)Nc1nc2ccsc2s1.Cl. The lowest BCUT2D eigenvalue weighted by molar-refractivity contribution is -0.116. The molecular formula is C9H12ClN3OS2. The molecule has 2 aromatic rings. The molecule has 2 aromatic heterocycles. The normalized spacial score (nSPS) is 12.1. The van der Waals surface area contributed by atoms with Gasteiger partial charge in [-0.25, -0.2) is 4.98 Å². The Balaban J connectivity index is 0.00000128. The second-order valence-electron chi connectivity index (χ2n) is 3.34. The summed E-state index contributed by atoms with van der Waals surface area (Å²) in [5.74, 6) is -0.0774. The fourth-order valence-corrected chi connectivity index (χ4v) is 3.04. The minimum absolute atomic E-state index is 0. The third-order valence-corrected chi connectivity index (χ3v) is 3.79. The van der Waals surface area contributed by atoms with E-state index in [1.165, 1.54) is 11.3 Å². The molecule has 2 heterocycles. The first-order chi connectivity index (χ1) is 7.15. The average molecular weight is 278 g/mol. The molecule has 4 nitrogen and oxygen atoms in total. The molecule has 0 saturated heterocycles. The quantitative estimate of drug-likeness (QED) is 0.905. The van der Waals surface area contributed by atoms with Gasteiger partial charge in [-0.15, -0.1) is 23.7 Å². The molecule has 2 rings (SSSR count). The fourth-order valence-electron chi connectivity index (χ4n) is 1.18. The van der Waals surface area contributed by atoms with E-state index in [0.29, 0.717) is 11.6 Å². The summed E-state index contributed by atoms with van der Waals surface area (Å²) in [7, 11) is 0. The molecule has 3 N–H and O–H groups in total. The van der Waals surface area contributed by atoms with E-state index in [1.807, 2.05) is 11.4 Å². The maximum Gasteiger partial charge on any atom is 0.227 e. The highest BCUT2D eigenvalue weighted by atomic mass is 35.5. The molecule has 0 aliphatic heterocycles. The van der Waals surface area contributed by atoms with Crippen molar-refractivity contribution in [2.75, 3.05) is 5.32 Å². The van der Waals surface area contributed by atoms with Gasteiger partial charge in [0.1, 0.15) is 4.01 Å². The third kappa shape index (κ3) is 3.15. The van der Waals surface area contributed by atoms with Crippen LogP contribution in [-0.2, 0) is 4.79 Å². The van der Waals surface area contributed by atoms with Crippen molar-refractivity contribution < 1.29 is 4.79 Å². The van der Waals surface area contributed by atoms with Gasteiger partial charge in [-0.1, -0.05) is 11.3 Å². The van der Waals surface area contributed by atoms with E-state index in [0.717, 1.165) is 9.53 Å². The van der Waals surface area contributed by atoms with Crippen LogP contribution in [0.1, 0.15) is 13.3 Å². The van der Waals surface area contributed by atoms with E-state index in [1.54, 1.807) is 18.3 Å². The van der Waals surface area contributed by atoms with Gasteiger partial charge in [0.2, 0.25) is 5.91 Å². The standard InChI is InChI=1S/C9H11N3OS2.ClH/c1-5(10)4-7(13)12-9-11-6-2-3-14-8(6)15-9;/h2-3,5H,4,10H2,1H3,(H,11,12,13);1H. The van der Waals surface area contributed by atoms with Gasteiger partial charge < -0.3 is 11.1 Å². The number of nitrogens with two attached hydrogens (primary N) is 1. The Morgan fingerprint density at radius 1 is 1.69 bits per heavy atom. The number of fused-ring (bicyclic) bond motifs is 1. The van der Waals surface area contributed by atoms with Gasteiger partial charge in [-0.3, -0.25) is 4.79 Å². The van der Waals surface area contributed by atoms with Crippen molar-refractivity contribution in [2.24, 2.45) is 5.73 Å². The molecule has 88 valence electrons. The zero-order chi connectivity index (χ0) is 10.8. The summed E-state index contributed by atoms with van der Waals surface area (Å²) in [6, 6.07) is 1.82. The number of anilines is 1. The lowest BCUT2D eigenvalue weighted by atomic mass is 10.2. The third-order valence-electron chi connectivity index (χ3n) is 1.78. The molecule has 0 fully saturated rings. The van der Waals surface area contributed by atoms with Crippen LogP contribution in [0.25, 0.3) is 9.53 Å². The Kier molecular flexibility index (Phi) is 4.67. The smallest absolute Gasteiger partial charge is 0.227 e. The van der Waals surface area contributed by atoms with Gasteiger partial charge in [-0.2, -0.15) is 0 Å². The second-order valence-corrected chi connectivity index (χ2v) is 5.52. The van der Waals surface area contributed by atoms with Crippen molar-refractivity contribution in [3.8, 4) is 0 Å². The van der Waals surface area contributed by atoms with Crippen molar-refractivity contribution in [3.63, 3.8) is 0 Å². The number of halogens is 1. The highest BCUT2D eigenvalue weighted by Crippen LogP contribution is 2.30. The molecule has 1 atom stereocenters. The molecule has 0 bridgehead atoms. The lowest BCUT2D eigenvalue weighted by Crippen LogP contribution is -2.23. The van der Waals surface area contributed by atoms with Crippen LogP contribution in [0.5, 0.6) is 0 Å². The molecule has 0 aliphatic rings. The molecule has 1 unspecified atom stereocenters. The summed E-state index contributed by atoms with van der Waals surface area (Å²) in [6.45, 7) is 1.81. The summed E-state index contributed by atoms with van der Waals surface area (Å²) in [5, 5.41) is 5.39. The molecule has 1 amide bonds. The van der Waals surface area contributed by atoms with Crippen molar-refractivity contribution in [1.29, 1.82) is 0 Å². The van der Waals surface area contributed by atoms with Gasteiger partial charge in [0.05, 0.1) is 5.52 Å². The van der Waals surface area contributed by atoms with Crippen LogP contribution in [0.4, 0.5) is 5.13 Å². The number of carbonyl (C=O) groups is 1. The first kappa shape index (κ1) is 13.4. The summed E-state index contributed by atoms with van der Waals surface area (Å²) in [4.78, 5) is 15.7. The largest absolute Gasteiger partial charge is 0.327 e. The first-order valence-corrected chi connectivity index (χ1v) is 6.24. The highest BCUT2D eigenvalue weighted by molar-refractivity contribution is 7.39. The molecule has 0 radical (unpaired) electrons. The number of thiophene rings is 1. The number of hydrogen-bond acceptors (Lipinski definition) is 5. The van der Waals surface area contributed by atoms with Gasteiger partial charge in [0, 0.05) is 12.5 Å². The van der Waals surface area contributed by atoms with Crippen LogP contribution < -0.4 is 11.1 Å². The molecule has 0 saturated carbocycles. The number of rotatable bonds is 3. The van der Waals surface area contributed by atoms with Gasteiger partial charge in [0.15, 0.2) is 5.13 Å². The minimum atomic E-state index is -0.119. The molecule has 7 heteroatoms. The number of nitrogens with zero attached hydrogens (tertiary/aromatic N) is 1. The zero-order valence-electron chi connectivity index (χ0n) is 8.60. The maximum absolute atomic E-state index is 11.4. The number of carbonyl (C=O) groups excluding carboxylic acids is 1. The predicted molar refractivity (Wildman–Crippen MR) is 71.6 cm³/mol. The predicted octanol–water partition coefficient (Wildman–Crippen LogP) is 2.46. The topological polar surface area (TPSA) is 68.0 Å². The van der Waals surface area contributed by atoms with Crippen molar-refractivity contribution in [3.05, 3.63) is 11.4 Å². The molecule has 16 heavy (non-hydrogen) atoms. The Labute approximate surface area is 107 Å². The molecular weight excluding hydrogens is 266 g/mol. The van der Waals surface area contributed by atoms with Crippen LogP contribution in [0.15, 0.2) is 11.4 Å². The van der Waals surface area contributed by atoms with E-state index in [9.17, 15) is 4.79 Å². The van der Waals surface area contributed by atoms with Crippen LogP contribution in [0, 0.1) is 0 Å². The Bertz CT molecular complexity index is 451. The zero-order valence-corrected chi connectivity index (χ0v) is 11.0. The van der Waals surface area contributed by atoms with Crippen LogP contribution in [0.2, 0.25) is 0 Å². The molecule has 0 aromatic carbocycles. The summed E-state index contributed by atoms with van der Waals surface area (Å²) >= 11 is 3.12. The van der Waals surface area contributed by atoms with E-state index in [4.69, 9.17) is 5.73 Å². The number of aromatic nitrogens is 1. The lowest BCUT2D eigenvalue weighted by Gasteiger charge is -2.03. The number of thiazole rings is 1. The van der Waals surface area contributed by atoms with E-state index >= 15 is 0 Å². The van der Waals surface area contributed by atoms with Gasteiger partial charge in [0.25, 0.3) is 0 Å². The minimum Gasteiger partial charge on any atom is -0.327 e. The number of hydrogen-bond donors (Lipinski definition) is 2. The summed E-state index contributed by atoms with van der Waals surface area (Å²) in [6.07, 6.45) is 0.327.